The van der Waals surface area contributed by atoms with Crippen LogP contribution in [0.15, 0.2) is 33.5 Å². The highest BCUT2D eigenvalue weighted by Crippen LogP contribution is 2.38. The number of aliphatic hydroxyl groups is 1. The van der Waals surface area contributed by atoms with Crippen LogP contribution < -0.4 is 21.4 Å². The molecule has 3 heterocycles. The van der Waals surface area contributed by atoms with E-state index in [1.807, 2.05) is 0 Å². The standard InChI is InChI=1S/C25H29N3O10/c1-10-6-8-13(27-10)21(31)28-15-16(29)12-7-9-14(11(2)18(12)36-22(15)32)35-23-17(30)19(37-24(26)33)20(34-5)25(3,4)38-23/h6-9,17,19-20,23,27,29-30H,1-5H3,(H2,26,33)(H,28,31)/t17-,19+,20-,23-/m1/s1. The summed E-state index contributed by atoms with van der Waals surface area (Å²) in [7, 11) is 1.37. The number of H-pyrrole nitrogens is 1. The predicted octanol–water partition coefficient (Wildman–Crippen LogP) is 2.05. The minimum atomic E-state index is -1.50. The van der Waals surface area contributed by atoms with Gasteiger partial charge in [-0.1, -0.05) is 0 Å². The van der Waals surface area contributed by atoms with Crippen LogP contribution in [0.4, 0.5) is 10.5 Å². The van der Waals surface area contributed by atoms with Gasteiger partial charge in [-0.25, -0.2) is 9.59 Å². The molecule has 0 spiro atoms. The molecule has 0 unspecified atom stereocenters. The van der Waals surface area contributed by atoms with Gasteiger partial charge < -0.3 is 49.6 Å². The Labute approximate surface area is 216 Å². The van der Waals surface area contributed by atoms with Crippen LogP contribution in [-0.4, -0.2) is 64.5 Å². The van der Waals surface area contributed by atoms with E-state index in [-0.39, 0.29) is 22.4 Å². The van der Waals surface area contributed by atoms with Crippen molar-refractivity contribution in [1.29, 1.82) is 0 Å². The third-order valence-electron chi connectivity index (χ3n) is 6.33. The summed E-state index contributed by atoms with van der Waals surface area (Å²) in [6, 6.07) is 6.11. The Balaban J connectivity index is 1.66. The Kier molecular flexibility index (Phi) is 7.10. The lowest BCUT2D eigenvalue weighted by molar-refractivity contribution is -0.304. The van der Waals surface area contributed by atoms with Crippen molar-refractivity contribution < 1.29 is 43.2 Å². The van der Waals surface area contributed by atoms with E-state index in [0.29, 0.717) is 5.56 Å². The van der Waals surface area contributed by atoms with Gasteiger partial charge in [-0.15, -0.1) is 0 Å². The normalized spacial score (nSPS) is 22.7. The molecule has 0 radical (unpaired) electrons. The lowest BCUT2D eigenvalue weighted by Gasteiger charge is -2.47. The molecular weight excluding hydrogens is 502 g/mol. The number of ether oxygens (including phenoxy) is 4. The summed E-state index contributed by atoms with van der Waals surface area (Å²) in [5, 5.41) is 24.2. The SMILES string of the molecule is CO[C@@H]1[C@@H](OC(N)=O)[C@@H](O)[C@H](Oc2ccc3c(O)c(NC(=O)c4ccc(C)[nH]4)c(=O)oc3c2C)OC1(C)C. The number of hydrogen-bond acceptors (Lipinski definition) is 10. The Bertz CT molecular complexity index is 1440. The Morgan fingerprint density at radius 1 is 1.18 bits per heavy atom. The van der Waals surface area contributed by atoms with Gasteiger partial charge in [-0.2, -0.15) is 0 Å². The van der Waals surface area contributed by atoms with E-state index in [1.54, 1.807) is 33.8 Å². The van der Waals surface area contributed by atoms with Gasteiger partial charge in [0, 0.05) is 18.4 Å². The van der Waals surface area contributed by atoms with Gasteiger partial charge >= 0.3 is 11.7 Å². The van der Waals surface area contributed by atoms with Gasteiger partial charge in [-0.05, 0) is 52.0 Å². The number of aryl methyl sites for hydroxylation is 2. The lowest BCUT2D eigenvalue weighted by Crippen LogP contribution is -2.65. The molecule has 4 atom stereocenters. The molecule has 3 aromatic rings. The average molecular weight is 532 g/mol. The van der Waals surface area contributed by atoms with Gasteiger partial charge in [0.25, 0.3) is 5.91 Å². The lowest BCUT2D eigenvalue weighted by atomic mass is 9.89. The number of fused-ring (bicyclic) bond motifs is 1. The number of aliphatic hydroxyl groups excluding tert-OH is 1. The molecule has 6 N–H and O–H groups in total. The second kappa shape index (κ2) is 10.0. The van der Waals surface area contributed by atoms with Crippen LogP contribution in [-0.2, 0) is 14.2 Å². The van der Waals surface area contributed by atoms with Crippen LogP contribution in [0.3, 0.4) is 0 Å². The maximum absolute atomic E-state index is 12.7. The molecule has 13 heteroatoms. The molecule has 1 aliphatic rings. The van der Waals surface area contributed by atoms with Gasteiger partial charge in [0.1, 0.15) is 23.1 Å². The third kappa shape index (κ3) is 4.90. The molecule has 0 aliphatic carbocycles. The van der Waals surface area contributed by atoms with Crippen LogP contribution in [0, 0.1) is 13.8 Å². The van der Waals surface area contributed by atoms with Crippen LogP contribution in [0.2, 0.25) is 0 Å². The number of primary amides is 1. The number of nitrogens with one attached hydrogen (secondary N) is 2. The number of benzene rings is 1. The summed E-state index contributed by atoms with van der Waals surface area (Å²) < 4.78 is 27.7. The van der Waals surface area contributed by atoms with Crippen LogP contribution >= 0.6 is 0 Å². The van der Waals surface area contributed by atoms with E-state index >= 15 is 0 Å². The Morgan fingerprint density at radius 3 is 2.50 bits per heavy atom. The molecule has 2 amide bonds. The van der Waals surface area contributed by atoms with Gasteiger partial charge in [-0.3, -0.25) is 4.79 Å². The zero-order valence-corrected chi connectivity index (χ0v) is 21.4. The average Bonchev–Trinajstić information content (AvgIpc) is 3.27. The fourth-order valence-corrected chi connectivity index (χ4v) is 4.49. The number of rotatable bonds is 6. The minimum Gasteiger partial charge on any atom is -0.505 e. The largest absolute Gasteiger partial charge is 0.505 e. The van der Waals surface area contributed by atoms with E-state index in [1.165, 1.54) is 25.3 Å². The molecular formula is C25H29N3O10. The van der Waals surface area contributed by atoms with E-state index in [2.05, 4.69) is 10.3 Å². The molecule has 13 nitrogen and oxygen atoms in total. The van der Waals surface area contributed by atoms with Crippen LogP contribution in [0.5, 0.6) is 11.5 Å². The maximum Gasteiger partial charge on any atom is 0.404 e. The number of aromatic hydroxyl groups is 1. The molecule has 2 aromatic heterocycles. The fourth-order valence-electron chi connectivity index (χ4n) is 4.49. The molecule has 1 saturated heterocycles. The fraction of sp³-hybridized carbons (Fsp3) is 0.400. The van der Waals surface area contributed by atoms with Crippen molar-refractivity contribution in [2.75, 3.05) is 12.4 Å². The number of aromatic nitrogens is 1. The molecule has 1 aromatic carbocycles. The number of nitrogens with two attached hydrogens (primary N) is 1. The van der Waals surface area contributed by atoms with Crippen LogP contribution in [0.1, 0.15) is 35.6 Å². The molecule has 0 bridgehead atoms. The van der Waals surface area contributed by atoms with Crippen molar-refractivity contribution in [1.82, 2.24) is 4.98 Å². The van der Waals surface area contributed by atoms with E-state index in [0.717, 1.165) is 5.69 Å². The predicted molar refractivity (Wildman–Crippen MR) is 133 cm³/mol. The molecule has 4 rings (SSSR count). The Hall–Kier alpha value is -4.07. The summed E-state index contributed by atoms with van der Waals surface area (Å²) in [6.07, 6.45) is -6.00. The topological polar surface area (TPSA) is 196 Å². The van der Waals surface area contributed by atoms with Crippen molar-refractivity contribution in [3.8, 4) is 11.5 Å². The van der Waals surface area contributed by atoms with Gasteiger partial charge in [0.15, 0.2) is 23.6 Å². The third-order valence-corrected chi connectivity index (χ3v) is 6.33. The quantitative estimate of drug-likeness (QED) is 0.294. The van der Waals surface area contributed by atoms with Crippen molar-refractivity contribution in [2.24, 2.45) is 5.73 Å². The molecule has 204 valence electrons. The number of carbonyl (C=O) groups is 2. The first-order valence-corrected chi connectivity index (χ1v) is 11.6. The molecule has 38 heavy (non-hydrogen) atoms. The summed E-state index contributed by atoms with van der Waals surface area (Å²) in [6.45, 7) is 6.65. The summed E-state index contributed by atoms with van der Waals surface area (Å²) in [5.74, 6) is -0.979. The van der Waals surface area contributed by atoms with Crippen molar-refractivity contribution >= 4 is 28.7 Å². The van der Waals surface area contributed by atoms with Crippen molar-refractivity contribution in [2.45, 2.75) is 57.9 Å². The van der Waals surface area contributed by atoms with Crippen molar-refractivity contribution in [3.05, 3.63) is 51.6 Å². The Morgan fingerprint density at radius 2 is 1.89 bits per heavy atom. The maximum atomic E-state index is 12.7. The highest BCUT2D eigenvalue weighted by atomic mass is 16.7. The van der Waals surface area contributed by atoms with Gasteiger partial charge in [0.2, 0.25) is 6.29 Å². The first-order valence-electron chi connectivity index (χ1n) is 11.6. The smallest absolute Gasteiger partial charge is 0.404 e. The van der Waals surface area contributed by atoms with E-state index in [4.69, 9.17) is 29.1 Å². The number of hydrogen-bond donors (Lipinski definition) is 5. The highest BCUT2D eigenvalue weighted by molar-refractivity contribution is 6.05. The van der Waals surface area contributed by atoms with Crippen LogP contribution in [0.25, 0.3) is 11.0 Å². The second-order valence-corrected chi connectivity index (χ2v) is 9.44. The minimum absolute atomic E-state index is 0.0111. The zero-order chi connectivity index (χ0) is 27.9. The first kappa shape index (κ1) is 27.0. The van der Waals surface area contributed by atoms with E-state index < -0.39 is 59.3 Å². The molecule has 1 fully saturated rings. The monoisotopic (exact) mass is 531 g/mol. The number of aromatic amines is 1. The summed E-state index contributed by atoms with van der Waals surface area (Å²) in [4.78, 5) is 39.5. The zero-order valence-electron chi connectivity index (χ0n) is 21.4. The van der Waals surface area contributed by atoms with E-state index in [9.17, 15) is 24.6 Å². The number of anilines is 1. The molecule has 1 aliphatic heterocycles. The number of carbonyl (C=O) groups excluding carboxylic acids is 2. The summed E-state index contributed by atoms with van der Waals surface area (Å²) in [5.41, 5.74) is 3.92. The highest BCUT2D eigenvalue weighted by Gasteiger charge is 2.53. The first-order chi connectivity index (χ1) is 17.8. The second-order valence-electron chi connectivity index (χ2n) is 9.44. The molecule has 0 saturated carbocycles. The number of amides is 2. The van der Waals surface area contributed by atoms with Gasteiger partial charge in [0.05, 0.1) is 11.0 Å². The number of methoxy groups -OCH3 is 1. The summed E-state index contributed by atoms with van der Waals surface area (Å²) >= 11 is 0. The van der Waals surface area contributed by atoms with Crippen molar-refractivity contribution in [3.63, 3.8) is 0 Å².